The van der Waals surface area contributed by atoms with Crippen LogP contribution in [0.15, 0.2) is 0 Å². The normalized spacial score (nSPS) is 22.3. The second-order valence-corrected chi connectivity index (χ2v) is 3.76. The first-order valence-electron chi connectivity index (χ1n) is 4.63. The van der Waals surface area contributed by atoms with Gasteiger partial charge in [0, 0.05) is 0 Å². The molecule has 0 saturated heterocycles. The molecule has 1 rings (SSSR count). The smallest absolute Gasteiger partial charge is 0.237 e. The lowest BCUT2D eigenvalue weighted by Gasteiger charge is -2.24. The molecule has 0 aromatic carbocycles. The Balaban J connectivity index is 2.58. The van der Waals surface area contributed by atoms with E-state index in [1.807, 2.05) is 0 Å². The molecule has 0 bridgehead atoms. The number of aldehydes is 1. The van der Waals surface area contributed by atoms with E-state index in [0.717, 1.165) is 32.0 Å². The Hall–Kier alpha value is -0.900. The molecule has 13 heavy (non-hydrogen) atoms. The summed E-state index contributed by atoms with van der Waals surface area (Å²) in [6.07, 6.45) is 4.33. The van der Waals surface area contributed by atoms with Gasteiger partial charge in [-0.25, -0.2) is 0 Å². The summed E-state index contributed by atoms with van der Waals surface area (Å²) in [6.45, 7) is 1.61. The Kier molecular flexibility index (Phi) is 3.03. The van der Waals surface area contributed by atoms with E-state index in [2.05, 4.69) is 5.32 Å². The van der Waals surface area contributed by atoms with Gasteiger partial charge in [0.25, 0.3) is 0 Å². The molecule has 3 N–H and O–H groups in total. The minimum absolute atomic E-state index is 0.242. The standard InChI is InChI=1S/C9H16N2O2/c1-7(10)8(13)11-9(6-12)4-2-3-5-9/h6-7H,2-5,10H2,1H3,(H,11,13)/t7-/m0/s1. The highest BCUT2D eigenvalue weighted by molar-refractivity contribution is 5.85. The molecule has 0 spiro atoms. The van der Waals surface area contributed by atoms with Gasteiger partial charge in [-0.2, -0.15) is 0 Å². The van der Waals surface area contributed by atoms with Crippen molar-refractivity contribution in [2.24, 2.45) is 5.73 Å². The topological polar surface area (TPSA) is 72.2 Å². The van der Waals surface area contributed by atoms with Crippen LogP contribution in [0.25, 0.3) is 0 Å². The first-order valence-corrected chi connectivity index (χ1v) is 4.63. The number of rotatable bonds is 3. The largest absolute Gasteiger partial charge is 0.343 e. The molecule has 0 aliphatic heterocycles. The van der Waals surface area contributed by atoms with E-state index in [0.29, 0.717) is 0 Å². The third kappa shape index (κ3) is 2.28. The maximum absolute atomic E-state index is 11.3. The average Bonchev–Trinajstić information content (AvgIpc) is 2.54. The Bertz CT molecular complexity index is 208. The quantitative estimate of drug-likeness (QED) is 0.604. The van der Waals surface area contributed by atoms with Crippen LogP contribution in [0, 0.1) is 0 Å². The van der Waals surface area contributed by atoms with Crippen molar-refractivity contribution in [2.45, 2.75) is 44.2 Å². The zero-order valence-electron chi connectivity index (χ0n) is 7.88. The fourth-order valence-corrected chi connectivity index (χ4v) is 1.64. The summed E-state index contributed by atoms with van der Waals surface area (Å²) in [5.74, 6) is -0.242. The highest BCUT2D eigenvalue weighted by Gasteiger charge is 2.35. The maximum Gasteiger partial charge on any atom is 0.237 e. The van der Waals surface area contributed by atoms with Crippen molar-refractivity contribution in [1.29, 1.82) is 0 Å². The van der Waals surface area contributed by atoms with Crippen LogP contribution >= 0.6 is 0 Å². The van der Waals surface area contributed by atoms with Crippen molar-refractivity contribution in [3.63, 3.8) is 0 Å². The fraction of sp³-hybridized carbons (Fsp3) is 0.778. The number of hydrogen-bond acceptors (Lipinski definition) is 3. The van der Waals surface area contributed by atoms with Crippen molar-refractivity contribution < 1.29 is 9.59 Å². The molecule has 74 valence electrons. The molecule has 0 aromatic rings. The number of carbonyl (C=O) groups excluding carboxylic acids is 2. The van der Waals surface area contributed by atoms with E-state index in [1.54, 1.807) is 6.92 Å². The lowest BCUT2D eigenvalue weighted by Crippen LogP contribution is -2.52. The average molecular weight is 184 g/mol. The molecule has 4 nitrogen and oxygen atoms in total. The number of nitrogens with one attached hydrogen (secondary N) is 1. The maximum atomic E-state index is 11.3. The van der Waals surface area contributed by atoms with Gasteiger partial charge in [-0.1, -0.05) is 12.8 Å². The van der Waals surface area contributed by atoms with Gasteiger partial charge in [-0.3, -0.25) is 4.79 Å². The van der Waals surface area contributed by atoms with E-state index in [9.17, 15) is 9.59 Å². The molecular weight excluding hydrogens is 168 g/mol. The zero-order chi connectivity index (χ0) is 9.90. The molecule has 1 aliphatic carbocycles. The summed E-state index contributed by atoms with van der Waals surface area (Å²) in [4.78, 5) is 22.1. The van der Waals surface area contributed by atoms with Gasteiger partial charge >= 0.3 is 0 Å². The molecule has 0 heterocycles. The fourth-order valence-electron chi connectivity index (χ4n) is 1.64. The first-order chi connectivity index (χ1) is 6.09. The molecule has 1 fully saturated rings. The van der Waals surface area contributed by atoms with Crippen LogP contribution in [-0.2, 0) is 9.59 Å². The van der Waals surface area contributed by atoms with Crippen molar-refractivity contribution in [3.05, 3.63) is 0 Å². The van der Waals surface area contributed by atoms with E-state index in [4.69, 9.17) is 5.73 Å². The molecule has 0 unspecified atom stereocenters. The Labute approximate surface area is 77.9 Å². The Morgan fingerprint density at radius 3 is 2.46 bits per heavy atom. The van der Waals surface area contributed by atoms with Gasteiger partial charge in [0.15, 0.2) is 0 Å². The highest BCUT2D eigenvalue weighted by atomic mass is 16.2. The number of carbonyl (C=O) groups is 2. The van der Waals surface area contributed by atoms with Crippen LogP contribution in [0.4, 0.5) is 0 Å². The Morgan fingerprint density at radius 1 is 1.54 bits per heavy atom. The number of amides is 1. The molecule has 0 radical (unpaired) electrons. The van der Waals surface area contributed by atoms with Crippen LogP contribution < -0.4 is 11.1 Å². The summed E-state index contributed by atoms with van der Waals surface area (Å²) in [5.41, 5.74) is 4.78. The van der Waals surface area contributed by atoms with Crippen molar-refractivity contribution >= 4 is 12.2 Å². The van der Waals surface area contributed by atoms with Crippen molar-refractivity contribution in [3.8, 4) is 0 Å². The zero-order valence-corrected chi connectivity index (χ0v) is 7.88. The summed E-state index contributed by atoms with van der Waals surface area (Å²) < 4.78 is 0. The monoisotopic (exact) mass is 184 g/mol. The number of hydrogen-bond donors (Lipinski definition) is 2. The molecule has 1 atom stereocenters. The second-order valence-electron chi connectivity index (χ2n) is 3.76. The van der Waals surface area contributed by atoms with Crippen LogP contribution in [0.2, 0.25) is 0 Å². The predicted molar refractivity (Wildman–Crippen MR) is 49.1 cm³/mol. The first kappa shape index (κ1) is 10.2. The van der Waals surface area contributed by atoms with Crippen LogP contribution in [0.5, 0.6) is 0 Å². The lowest BCUT2D eigenvalue weighted by molar-refractivity contribution is -0.127. The summed E-state index contributed by atoms with van der Waals surface area (Å²) in [6, 6.07) is -0.544. The van der Waals surface area contributed by atoms with Crippen LogP contribution in [-0.4, -0.2) is 23.8 Å². The molecular formula is C9H16N2O2. The van der Waals surface area contributed by atoms with E-state index in [1.165, 1.54) is 0 Å². The molecule has 4 heteroatoms. The van der Waals surface area contributed by atoms with Gasteiger partial charge in [-0.15, -0.1) is 0 Å². The third-order valence-electron chi connectivity index (χ3n) is 2.51. The van der Waals surface area contributed by atoms with Gasteiger partial charge in [-0.05, 0) is 19.8 Å². The second kappa shape index (κ2) is 3.87. The third-order valence-corrected chi connectivity index (χ3v) is 2.51. The summed E-state index contributed by atoms with van der Waals surface area (Å²) in [5, 5.41) is 2.71. The number of nitrogens with two attached hydrogens (primary N) is 1. The molecule has 1 amide bonds. The van der Waals surface area contributed by atoms with Gasteiger partial charge in [0.1, 0.15) is 6.29 Å². The van der Waals surface area contributed by atoms with Crippen LogP contribution in [0.1, 0.15) is 32.6 Å². The van der Waals surface area contributed by atoms with Gasteiger partial charge in [0.2, 0.25) is 5.91 Å². The van der Waals surface area contributed by atoms with Gasteiger partial charge < -0.3 is 15.8 Å². The molecule has 0 aromatic heterocycles. The summed E-state index contributed by atoms with van der Waals surface area (Å²) >= 11 is 0. The lowest BCUT2D eigenvalue weighted by atomic mass is 9.99. The van der Waals surface area contributed by atoms with Crippen molar-refractivity contribution in [1.82, 2.24) is 5.32 Å². The van der Waals surface area contributed by atoms with E-state index < -0.39 is 11.6 Å². The SMILES string of the molecule is C[C@H](N)C(=O)NC1(C=O)CCCC1. The van der Waals surface area contributed by atoms with Gasteiger partial charge in [0.05, 0.1) is 11.6 Å². The minimum Gasteiger partial charge on any atom is -0.343 e. The predicted octanol–water partition coefficient (Wildman–Crippen LogP) is -0.0385. The van der Waals surface area contributed by atoms with E-state index in [-0.39, 0.29) is 5.91 Å². The minimum atomic E-state index is -0.620. The molecule has 1 aliphatic rings. The van der Waals surface area contributed by atoms with Crippen molar-refractivity contribution in [2.75, 3.05) is 0 Å². The summed E-state index contributed by atoms with van der Waals surface area (Å²) in [7, 11) is 0. The van der Waals surface area contributed by atoms with Crippen LogP contribution in [0.3, 0.4) is 0 Å². The van der Waals surface area contributed by atoms with E-state index >= 15 is 0 Å². The highest BCUT2D eigenvalue weighted by Crippen LogP contribution is 2.27. The Morgan fingerprint density at radius 2 is 2.08 bits per heavy atom. The molecule has 1 saturated carbocycles.